The smallest absolute Gasteiger partial charge is 0.241 e. The van der Waals surface area contributed by atoms with Gasteiger partial charge in [0.1, 0.15) is 10.4 Å². The third-order valence-corrected chi connectivity index (χ3v) is 4.28. The number of carbonyl (C=O) groups excluding carboxylic acids is 1. The van der Waals surface area contributed by atoms with E-state index in [9.17, 15) is 13.6 Å². The first-order chi connectivity index (χ1) is 6.94. The van der Waals surface area contributed by atoms with Gasteiger partial charge in [-0.3, -0.25) is 9.00 Å². The normalized spacial score (nSPS) is 37.9. The van der Waals surface area contributed by atoms with Crippen molar-refractivity contribution in [1.29, 1.82) is 0 Å². The molecule has 0 aliphatic heterocycles. The van der Waals surface area contributed by atoms with Crippen LogP contribution in [0.5, 0.6) is 0 Å². The fourth-order valence-electron chi connectivity index (χ4n) is 1.63. The molecule has 2 rings (SSSR count). The molecular weight excluding hydrogens is 216 g/mol. The predicted molar refractivity (Wildman–Crippen MR) is 54.2 cm³/mol. The lowest BCUT2D eigenvalue weighted by molar-refractivity contribution is -0.123. The van der Waals surface area contributed by atoms with Crippen LogP contribution in [0.2, 0.25) is 0 Å². The van der Waals surface area contributed by atoms with E-state index in [1.165, 1.54) is 0 Å². The number of rotatable bonds is 4. The number of nitrogens with one attached hydrogen (secondary N) is 1. The molecule has 0 aromatic carbocycles. The molecule has 2 saturated carbocycles. The summed E-state index contributed by atoms with van der Waals surface area (Å²) in [6.07, 6.45) is 3.13. The third kappa shape index (κ3) is 1.62. The van der Waals surface area contributed by atoms with E-state index in [-0.39, 0.29) is 11.8 Å². The first-order valence-corrected chi connectivity index (χ1v) is 5.85. The maximum absolute atomic E-state index is 11.7. The highest BCUT2D eigenvalue weighted by atomic mass is 32.2. The standard InChI is InChI=1S/C9H14N2O3S/c1-2-6-5-9(6,10)7(12)11-8(3-4-8)15(13)14/h2,6H,1,3-5,10H2,(H,11,12)(H,13,14)/p-1. The first-order valence-electron chi connectivity index (χ1n) is 4.78. The van der Waals surface area contributed by atoms with Gasteiger partial charge in [0.2, 0.25) is 5.91 Å². The van der Waals surface area contributed by atoms with Gasteiger partial charge in [-0.2, -0.15) is 0 Å². The van der Waals surface area contributed by atoms with Crippen LogP contribution in [-0.4, -0.2) is 25.1 Å². The van der Waals surface area contributed by atoms with Gasteiger partial charge in [-0.05, 0) is 30.3 Å². The van der Waals surface area contributed by atoms with Crippen molar-refractivity contribution in [3.05, 3.63) is 12.7 Å². The molecule has 15 heavy (non-hydrogen) atoms. The number of amides is 1. The zero-order valence-corrected chi connectivity index (χ0v) is 9.01. The summed E-state index contributed by atoms with van der Waals surface area (Å²) >= 11 is -2.27. The zero-order valence-electron chi connectivity index (χ0n) is 8.19. The largest absolute Gasteiger partial charge is 0.771 e. The lowest BCUT2D eigenvalue weighted by Gasteiger charge is -2.22. The highest BCUT2D eigenvalue weighted by molar-refractivity contribution is 7.81. The molecule has 3 atom stereocenters. The molecule has 5 nitrogen and oxygen atoms in total. The zero-order chi connectivity index (χ0) is 11.3. The molecule has 0 saturated heterocycles. The Labute approximate surface area is 90.4 Å². The molecule has 2 fully saturated rings. The Bertz CT molecular complexity index is 353. The van der Waals surface area contributed by atoms with E-state index in [1.54, 1.807) is 6.08 Å². The Morgan fingerprint density at radius 2 is 2.27 bits per heavy atom. The monoisotopic (exact) mass is 229 g/mol. The van der Waals surface area contributed by atoms with E-state index in [1.807, 2.05) is 0 Å². The van der Waals surface area contributed by atoms with E-state index in [0.29, 0.717) is 19.3 Å². The molecule has 6 heteroatoms. The number of nitrogens with two attached hydrogens (primary N) is 1. The van der Waals surface area contributed by atoms with Crippen LogP contribution in [0.3, 0.4) is 0 Å². The van der Waals surface area contributed by atoms with Gasteiger partial charge in [-0.25, -0.2) is 0 Å². The van der Waals surface area contributed by atoms with Gasteiger partial charge in [-0.1, -0.05) is 6.08 Å². The molecule has 0 radical (unpaired) electrons. The Kier molecular flexibility index (Phi) is 2.25. The fourth-order valence-corrected chi connectivity index (χ4v) is 2.24. The van der Waals surface area contributed by atoms with Crippen LogP contribution in [0.1, 0.15) is 19.3 Å². The average Bonchev–Trinajstić information content (AvgIpc) is 3.03. The van der Waals surface area contributed by atoms with Crippen molar-refractivity contribution in [2.24, 2.45) is 11.7 Å². The van der Waals surface area contributed by atoms with Crippen molar-refractivity contribution in [1.82, 2.24) is 5.32 Å². The molecule has 0 bridgehead atoms. The minimum Gasteiger partial charge on any atom is -0.771 e. The molecule has 3 unspecified atom stereocenters. The molecule has 0 spiro atoms. The summed E-state index contributed by atoms with van der Waals surface area (Å²) in [5.74, 6) is -0.414. The Balaban J connectivity index is 2.00. The Hall–Kier alpha value is -0.720. The Morgan fingerprint density at radius 3 is 2.60 bits per heavy atom. The van der Waals surface area contributed by atoms with Gasteiger partial charge in [0.05, 0.1) is 0 Å². The van der Waals surface area contributed by atoms with E-state index >= 15 is 0 Å². The van der Waals surface area contributed by atoms with Crippen LogP contribution in [-0.2, 0) is 15.9 Å². The van der Waals surface area contributed by atoms with Crippen molar-refractivity contribution >= 4 is 17.0 Å². The molecule has 3 N–H and O–H groups in total. The van der Waals surface area contributed by atoms with E-state index in [2.05, 4.69) is 11.9 Å². The Morgan fingerprint density at radius 1 is 1.67 bits per heavy atom. The van der Waals surface area contributed by atoms with Crippen LogP contribution in [0.15, 0.2) is 12.7 Å². The second-order valence-electron chi connectivity index (χ2n) is 4.27. The van der Waals surface area contributed by atoms with Crippen LogP contribution in [0, 0.1) is 5.92 Å². The third-order valence-electron chi connectivity index (χ3n) is 3.13. The average molecular weight is 229 g/mol. The van der Waals surface area contributed by atoms with E-state index in [4.69, 9.17) is 5.73 Å². The lowest BCUT2D eigenvalue weighted by Crippen LogP contribution is -2.50. The highest BCUT2D eigenvalue weighted by Crippen LogP contribution is 2.44. The van der Waals surface area contributed by atoms with Crippen molar-refractivity contribution < 1.29 is 13.6 Å². The molecular formula is C9H13N2O3S-. The molecule has 0 aromatic heterocycles. The minimum absolute atomic E-state index is 0.0339. The van der Waals surface area contributed by atoms with Gasteiger partial charge in [0.15, 0.2) is 0 Å². The molecule has 84 valence electrons. The summed E-state index contributed by atoms with van der Waals surface area (Å²) in [7, 11) is 0. The molecule has 1 amide bonds. The van der Waals surface area contributed by atoms with Crippen LogP contribution < -0.4 is 11.1 Å². The SMILES string of the molecule is C=CC1CC1(N)C(=O)NC1(S(=O)[O-])CC1. The van der Waals surface area contributed by atoms with E-state index in [0.717, 1.165) is 0 Å². The highest BCUT2D eigenvalue weighted by Gasteiger charge is 2.58. The summed E-state index contributed by atoms with van der Waals surface area (Å²) < 4.78 is 21.7. The van der Waals surface area contributed by atoms with Gasteiger partial charge in [-0.15, -0.1) is 6.58 Å². The maximum Gasteiger partial charge on any atom is 0.241 e. The van der Waals surface area contributed by atoms with Crippen molar-refractivity contribution in [2.45, 2.75) is 29.7 Å². The summed E-state index contributed by atoms with van der Waals surface area (Å²) in [4.78, 5) is 10.7. The lowest BCUT2D eigenvalue weighted by atomic mass is 10.2. The van der Waals surface area contributed by atoms with Crippen molar-refractivity contribution in [3.63, 3.8) is 0 Å². The quantitative estimate of drug-likeness (QED) is 0.496. The molecule has 2 aliphatic carbocycles. The van der Waals surface area contributed by atoms with Crippen molar-refractivity contribution in [3.8, 4) is 0 Å². The van der Waals surface area contributed by atoms with Crippen LogP contribution >= 0.6 is 0 Å². The van der Waals surface area contributed by atoms with Crippen LogP contribution in [0.4, 0.5) is 0 Å². The number of hydrogen-bond acceptors (Lipinski definition) is 4. The van der Waals surface area contributed by atoms with Gasteiger partial charge in [0, 0.05) is 5.92 Å². The van der Waals surface area contributed by atoms with Crippen molar-refractivity contribution in [2.75, 3.05) is 0 Å². The molecule has 2 aliphatic rings. The summed E-state index contributed by atoms with van der Waals surface area (Å²) in [5.41, 5.74) is 4.86. The van der Waals surface area contributed by atoms with E-state index < -0.39 is 21.5 Å². The minimum atomic E-state index is -2.27. The first kappa shape index (κ1) is 10.8. The molecule has 0 heterocycles. The predicted octanol–water partition coefficient (Wildman–Crippen LogP) is -0.625. The van der Waals surface area contributed by atoms with Gasteiger partial charge in [0.25, 0.3) is 0 Å². The van der Waals surface area contributed by atoms with Gasteiger partial charge >= 0.3 is 0 Å². The van der Waals surface area contributed by atoms with Gasteiger partial charge < -0.3 is 15.6 Å². The summed E-state index contributed by atoms with van der Waals surface area (Å²) in [5, 5.41) is 2.51. The van der Waals surface area contributed by atoms with Crippen LogP contribution in [0.25, 0.3) is 0 Å². The molecule has 0 aromatic rings. The fraction of sp³-hybridized carbons (Fsp3) is 0.667. The maximum atomic E-state index is 11.7. The summed E-state index contributed by atoms with van der Waals surface area (Å²) in [6.45, 7) is 3.57. The topological polar surface area (TPSA) is 95.2 Å². The summed E-state index contributed by atoms with van der Waals surface area (Å²) in [6, 6.07) is 0. The number of carbonyl (C=O) groups is 1. The number of hydrogen-bond donors (Lipinski definition) is 2. The second kappa shape index (κ2) is 3.13. The second-order valence-corrected chi connectivity index (χ2v) is 5.52.